The van der Waals surface area contributed by atoms with Crippen molar-refractivity contribution in [3.8, 4) is 0 Å². The lowest BCUT2D eigenvalue weighted by Gasteiger charge is -2.16. The van der Waals surface area contributed by atoms with Gasteiger partial charge in [-0.3, -0.25) is 0 Å². The molecule has 0 saturated heterocycles. The van der Waals surface area contributed by atoms with Crippen LogP contribution in [0.3, 0.4) is 0 Å². The van der Waals surface area contributed by atoms with Gasteiger partial charge in [-0.2, -0.15) is 0 Å². The van der Waals surface area contributed by atoms with E-state index in [2.05, 4.69) is 0 Å². The van der Waals surface area contributed by atoms with Gasteiger partial charge in [0.1, 0.15) is 11.6 Å². The number of benzene rings is 2. The highest BCUT2D eigenvalue weighted by Gasteiger charge is 2.13. The highest BCUT2D eigenvalue weighted by molar-refractivity contribution is 5.32. The molecular weight excluding hydrogens is 218 g/mol. The lowest BCUT2D eigenvalue weighted by atomic mass is 9.89. The topological polar surface area (TPSA) is 0 Å². The van der Waals surface area contributed by atoms with Crippen molar-refractivity contribution >= 4 is 0 Å². The van der Waals surface area contributed by atoms with Crippen molar-refractivity contribution in [3.63, 3.8) is 0 Å². The Hall–Kier alpha value is -1.70. The molecule has 0 radical (unpaired) electrons. The second kappa shape index (κ2) is 5.09. The van der Waals surface area contributed by atoms with E-state index in [-0.39, 0.29) is 17.6 Å². The van der Waals surface area contributed by atoms with E-state index in [1.54, 1.807) is 12.1 Å². The van der Waals surface area contributed by atoms with Crippen molar-refractivity contribution in [1.82, 2.24) is 0 Å². The van der Waals surface area contributed by atoms with Gasteiger partial charge >= 0.3 is 0 Å². The first-order valence-electron chi connectivity index (χ1n) is 5.71. The van der Waals surface area contributed by atoms with Crippen molar-refractivity contribution in [1.29, 1.82) is 0 Å². The summed E-state index contributed by atoms with van der Waals surface area (Å²) in [5.74, 6) is -0.462. The Bertz CT molecular complexity index is 460. The third-order valence-corrected chi connectivity index (χ3v) is 2.91. The van der Waals surface area contributed by atoms with Crippen LogP contribution in [0.4, 0.5) is 8.78 Å². The predicted octanol–water partition coefficient (Wildman–Crippen LogP) is 4.51. The van der Waals surface area contributed by atoms with Crippen LogP contribution < -0.4 is 0 Å². The monoisotopic (exact) mass is 232 g/mol. The van der Waals surface area contributed by atoms with E-state index in [0.717, 1.165) is 17.5 Å². The molecule has 0 nitrogen and oxygen atoms in total. The molecule has 0 bridgehead atoms. The third kappa shape index (κ3) is 2.70. The Morgan fingerprint density at radius 3 is 1.71 bits per heavy atom. The van der Waals surface area contributed by atoms with Gasteiger partial charge in [0.05, 0.1) is 0 Å². The molecule has 0 atom stereocenters. The minimum atomic E-state index is -0.252. The molecular formula is C15H14F2. The molecule has 0 amide bonds. The normalized spacial score (nSPS) is 10.8. The summed E-state index contributed by atoms with van der Waals surface area (Å²) in [5.41, 5.74) is 1.77. The molecule has 2 rings (SSSR count). The van der Waals surface area contributed by atoms with E-state index in [1.165, 1.54) is 24.3 Å². The van der Waals surface area contributed by atoms with Crippen LogP contribution in [0.2, 0.25) is 0 Å². The Labute approximate surface area is 99.9 Å². The zero-order chi connectivity index (χ0) is 12.3. The predicted molar refractivity (Wildman–Crippen MR) is 64.9 cm³/mol. The molecule has 0 saturated carbocycles. The van der Waals surface area contributed by atoms with Crippen LogP contribution in [0.1, 0.15) is 30.4 Å². The first-order chi connectivity index (χ1) is 8.20. The summed E-state index contributed by atoms with van der Waals surface area (Å²) in [6, 6.07) is 13.0. The number of rotatable bonds is 3. The van der Waals surface area contributed by atoms with Crippen LogP contribution in [0.5, 0.6) is 0 Å². The van der Waals surface area contributed by atoms with Crippen molar-refractivity contribution in [3.05, 3.63) is 71.3 Å². The minimum Gasteiger partial charge on any atom is -0.207 e. The van der Waals surface area contributed by atoms with E-state index in [4.69, 9.17) is 0 Å². The summed E-state index contributed by atoms with van der Waals surface area (Å²) in [7, 11) is 0. The molecule has 0 N–H and O–H groups in total. The standard InChI is InChI=1S/C15H14F2/c1-2-15(11-5-3-7-13(16)9-11)12-6-4-8-14(17)10-12/h3-10,15H,2H2,1H3. The van der Waals surface area contributed by atoms with Crippen LogP contribution in [0, 0.1) is 11.6 Å². The lowest BCUT2D eigenvalue weighted by Crippen LogP contribution is -2.00. The van der Waals surface area contributed by atoms with E-state index < -0.39 is 0 Å². The van der Waals surface area contributed by atoms with Crippen LogP contribution in [0.25, 0.3) is 0 Å². The molecule has 2 aromatic carbocycles. The highest BCUT2D eigenvalue weighted by atomic mass is 19.1. The Morgan fingerprint density at radius 1 is 0.882 bits per heavy atom. The smallest absolute Gasteiger partial charge is 0.123 e. The molecule has 0 aliphatic heterocycles. The average molecular weight is 232 g/mol. The molecule has 0 aliphatic carbocycles. The molecule has 0 heterocycles. The van der Waals surface area contributed by atoms with E-state index in [0.29, 0.717) is 0 Å². The summed E-state index contributed by atoms with van der Waals surface area (Å²) in [6.45, 7) is 2.01. The molecule has 0 aromatic heterocycles. The number of halogens is 2. The van der Waals surface area contributed by atoms with E-state index in [1.807, 2.05) is 19.1 Å². The van der Waals surface area contributed by atoms with Crippen LogP contribution >= 0.6 is 0 Å². The van der Waals surface area contributed by atoms with E-state index in [9.17, 15) is 8.78 Å². The fraction of sp³-hybridized carbons (Fsp3) is 0.200. The quantitative estimate of drug-likeness (QED) is 0.730. The zero-order valence-electron chi connectivity index (χ0n) is 9.66. The summed E-state index contributed by atoms with van der Waals surface area (Å²) in [6.07, 6.45) is 0.812. The molecule has 2 aromatic rings. The summed E-state index contributed by atoms with van der Waals surface area (Å²) in [4.78, 5) is 0. The van der Waals surface area contributed by atoms with Gasteiger partial charge in [-0.15, -0.1) is 0 Å². The summed E-state index contributed by atoms with van der Waals surface area (Å²) >= 11 is 0. The molecule has 0 spiro atoms. The SMILES string of the molecule is CCC(c1cccc(F)c1)c1cccc(F)c1. The van der Waals surface area contributed by atoms with Gasteiger partial charge in [0, 0.05) is 5.92 Å². The summed E-state index contributed by atoms with van der Waals surface area (Å²) < 4.78 is 26.4. The molecule has 17 heavy (non-hydrogen) atoms. The van der Waals surface area contributed by atoms with Gasteiger partial charge in [0.25, 0.3) is 0 Å². The summed E-state index contributed by atoms with van der Waals surface area (Å²) in [5, 5.41) is 0. The Kier molecular flexibility index (Phi) is 3.52. The minimum absolute atomic E-state index is 0.0430. The Balaban J connectivity index is 2.40. The highest BCUT2D eigenvalue weighted by Crippen LogP contribution is 2.28. The van der Waals surface area contributed by atoms with Crippen molar-refractivity contribution < 1.29 is 8.78 Å². The van der Waals surface area contributed by atoms with Crippen molar-refractivity contribution in [2.24, 2.45) is 0 Å². The van der Waals surface area contributed by atoms with Gasteiger partial charge in [0.2, 0.25) is 0 Å². The van der Waals surface area contributed by atoms with Gasteiger partial charge < -0.3 is 0 Å². The van der Waals surface area contributed by atoms with Gasteiger partial charge in [-0.05, 0) is 41.8 Å². The van der Waals surface area contributed by atoms with E-state index >= 15 is 0 Å². The maximum atomic E-state index is 13.2. The zero-order valence-corrected chi connectivity index (χ0v) is 9.66. The molecule has 2 heteroatoms. The fourth-order valence-corrected chi connectivity index (χ4v) is 2.11. The van der Waals surface area contributed by atoms with Crippen molar-refractivity contribution in [2.75, 3.05) is 0 Å². The second-order valence-electron chi connectivity index (χ2n) is 4.07. The van der Waals surface area contributed by atoms with Gasteiger partial charge in [0.15, 0.2) is 0 Å². The number of hydrogen-bond acceptors (Lipinski definition) is 0. The van der Waals surface area contributed by atoms with Gasteiger partial charge in [-0.1, -0.05) is 31.2 Å². The van der Waals surface area contributed by atoms with Crippen LogP contribution in [0.15, 0.2) is 48.5 Å². The molecule has 0 unspecified atom stereocenters. The Morgan fingerprint density at radius 2 is 1.35 bits per heavy atom. The maximum Gasteiger partial charge on any atom is 0.123 e. The fourth-order valence-electron chi connectivity index (χ4n) is 2.11. The molecule has 88 valence electrons. The average Bonchev–Trinajstić information content (AvgIpc) is 2.30. The van der Waals surface area contributed by atoms with Crippen LogP contribution in [-0.4, -0.2) is 0 Å². The lowest BCUT2D eigenvalue weighted by molar-refractivity contribution is 0.617. The van der Waals surface area contributed by atoms with Gasteiger partial charge in [-0.25, -0.2) is 8.78 Å². The van der Waals surface area contributed by atoms with Crippen LogP contribution in [-0.2, 0) is 0 Å². The molecule has 0 aliphatic rings. The largest absolute Gasteiger partial charge is 0.207 e. The third-order valence-electron chi connectivity index (χ3n) is 2.91. The second-order valence-corrected chi connectivity index (χ2v) is 4.07. The first-order valence-corrected chi connectivity index (χ1v) is 5.71. The van der Waals surface area contributed by atoms with Crippen molar-refractivity contribution in [2.45, 2.75) is 19.3 Å². The first kappa shape index (κ1) is 11.8. The maximum absolute atomic E-state index is 13.2. The number of hydrogen-bond donors (Lipinski definition) is 0. The molecule has 0 fully saturated rings.